The number of aliphatic carboxylic acids is 1. The highest BCUT2D eigenvalue weighted by Gasteiger charge is 2.30. The highest BCUT2D eigenvalue weighted by molar-refractivity contribution is 7.97. The number of carboxylic acid groups (broad SMARTS) is 1. The summed E-state index contributed by atoms with van der Waals surface area (Å²) in [5.41, 5.74) is 4.69. The van der Waals surface area contributed by atoms with E-state index >= 15 is 0 Å². The van der Waals surface area contributed by atoms with Crippen LogP contribution in [0.2, 0.25) is 0 Å². The molecular formula is C39H50O2S. The van der Waals surface area contributed by atoms with Gasteiger partial charge in [-0.15, -0.1) is 0 Å². The van der Waals surface area contributed by atoms with E-state index in [0.717, 1.165) is 17.8 Å². The third-order valence-electron chi connectivity index (χ3n) is 9.87. The Balaban J connectivity index is 0.000000652. The van der Waals surface area contributed by atoms with Gasteiger partial charge >= 0.3 is 0 Å². The number of rotatable bonds is 7. The van der Waals surface area contributed by atoms with Crippen LogP contribution in [0.3, 0.4) is 0 Å². The number of hydrogen-bond acceptors (Lipinski definition) is 2. The largest absolute Gasteiger partial charge is 0.550 e. The van der Waals surface area contributed by atoms with Crippen LogP contribution in [0.25, 0.3) is 0 Å². The van der Waals surface area contributed by atoms with Gasteiger partial charge in [-0.3, -0.25) is 0 Å². The van der Waals surface area contributed by atoms with E-state index in [2.05, 4.69) is 72.8 Å². The first-order chi connectivity index (χ1) is 20.6. The van der Waals surface area contributed by atoms with Crippen LogP contribution in [0, 0.1) is 0 Å². The monoisotopic (exact) mass is 582 g/mol. The lowest BCUT2D eigenvalue weighted by Crippen LogP contribution is -2.19. The van der Waals surface area contributed by atoms with E-state index in [-0.39, 0.29) is 17.3 Å². The first-order valence-electron chi connectivity index (χ1n) is 16.9. The van der Waals surface area contributed by atoms with Gasteiger partial charge in [0.05, 0.1) is 10.9 Å². The molecule has 3 heteroatoms. The van der Waals surface area contributed by atoms with Crippen LogP contribution in [0.4, 0.5) is 0 Å². The van der Waals surface area contributed by atoms with Crippen LogP contribution in [0.1, 0.15) is 144 Å². The Morgan fingerprint density at radius 2 is 0.762 bits per heavy atom. The van der Waals surface area contributed by atoms with Crippen LogP contribution in [-0.4, -0.2) is 5.97 Å². The van der Waals surface area contributed by atoms with E-state index in [1.807, 2.05) is 0 Å². The van der Waals surface area contributed by atoms with E-state index < -0.39 is 5.97 Å². The molecule has 3 aliphatic rings. The minimum Gasteiger partial charge on any atom is -0.550 e. The maximum atomic E-state index is 9.26. The quantitative estimate of drug-likeness (QED) is 0.260. The molecule has 0 heterocycles. The zero-order valence-corrected chi connectivity index (χ0v) is 26.5. The third-order valence-corrected chi connectivity index (χ3v) is 12.1. The second kappa shape index (κ2) is 15.8. The molecule has 0 atom stereocenters. The van der Waals surface area contributed by atoms with Crippen molar-refractivity contribution in [3.63, 3.8) is 0 Å². The van der Waals surface area contributed by atoms with Gasteiger partial charge in [-0.1, -0.05) is 101 Å². The Labute approximate surface area is 257 Å². The Hall–Kier alpha value is -2.52. The summed E-state index contributed by atoms with van der Waals surface area (Å²) in [5.74, 6) is 1.32. The molecule has 0 bridgehead atoms. The summed E-state index contributed by atoms with van der Waals surface area (Å²) < 4.78 is 0. The maximum absolute atomic E-state index is 9.26. The zero-order chi connectivity index (χ0) is 29.1. The number of benzene rings is 3. The molecular weight excluding hydrogens is 532 g/mol. The maximum Gasteiger partial charge on any atom is 0.166 e. The molecule has 42 heavy (non-hydrogen) atoms. The average Bonchev–Trinajstić information content (AvgIpc) is 3.07. The minimum atomic E-state index is -0.995. The summed E-state index contributed by atoms with van der Waals surface area (Å²) in [7, 11) is -0.0542. The van der Waals surface area contributed by atoms with Crippen molar-refractivity contribution < 1.29 is 9.90 Å². The predicted octanol–water partition coefficient (Wildman–Crippen LogP) is 10.1. The molecule has 6 rings (SSSR count). The van der Waals surface area contributed by atoms with Gasteiger partial charge in [0.1, 0.15) is 0 Å². The summed E-state index contributed by atoms with van der Waals surface area (Å²) in [6.45, 7) is 1.54. The molecule has 3 aromatic carbocycles. The second-order valence-electron chi connectivity index (χ2n) is 12.7. The number of carbonyl (C=O) groups is 1. The van der Waals surface area contributed by atoms with Gasteiger partial charge < -0.3 is 9.90 Å². The van der Waals surface area contributed by atoms with Crippen LogP contribution < -0.4 is 5.11 Å². The molecule has 0 aliphatic heterocycles. The summed E-state index contributed by atoms with van der Waals surface area (Å²) in [4.78, 5) is 13.7. The fraction of sp³-hybridized carbons (Fsp3) is 0.513. The molecule has 3 aliphatic carbocycles. The van der Waals surface area contributed by atoms with Crippen LogP contribution in [-0.2, 0) is 15.7 Å². The number of carboxylic acids is 1. The normalized spacial score (nSPS) is 18.8. The Kier molecular flexibility index (Phi) is 11.6. The molecule has 0 spiro atoms. The molecule has 0 N–H and O–H groups in total. The molecule has 0 saturated heterocycles. The smallest absolute Gasteiger partial charge is 0.166 e. The van der Waals surface area contributed by atoms with Gasteiger partial charge in [0.25, 0.3) is 0 Å². The topological polar surface area (TPSA) is 40.1 Å². The Morgan fingerprint density at radius 3 is 0.976 bits per heavy atom. The lowest BCUT2D eigenvalue weighted by Gasteiger charge is -2.23. The summed E-state index contributed by atoms with van der Waals surface area (Å²) >= 11 is 0. The van der Waals surface area contributed by atoms with Crippen molar-refractivity contribution in [1.29, 1.82) is 0 Å². The molecule has 3 saturated carbocycles. The van der Waals surface area contributed by atoms with Crippen molar-refractivity contribution in [2.45, 2.75) is 142 Å². The fourth-order valence-electron chi connectivity index (χ4n) is 7.34. The number of carbonyl (C=O) groups excluding carboxylic acids is 1. The molecule has 0 unspecified atom stereocenters. The lowest BCUT2D eigenvalue weighted by molar-refractivity contribution is -0.305. The first kappa shape index (κ1) is 30.9. The Bertz CT molecular complexity index is 1070. The summed E-state index contributed by atoms with van der Waals surface area (Å²) in [5, 5.41) is 9.26. The van der Waals surface area contributed by atoms with Gasteiger partial charge in [0, 0.05) is 5.97 Å². The van der Waals surface area contributed by atoms with Gasteiger partial charge in [0.2, 0.25) is 0 Å². The van der Waals surface area contributed by atoms with Gasteiger partial charge in [-0.2, -0.15) is 0 Å². The number of hydrogen-bond donors (Lipinski definition) is 0. The molecule has 0 radical (unpaired) electrons. The zero-order valence-electron chi connectivity index (χ0n) is 25.7. The van der Waals surface area contributed by atoms with E-state index in [4.69, 9.17) is 0 Å². The highest BCUT2D eigenvalue weighted by atomic mass is 32.2. The van der Waals surface area contributed by atoms with Crippen LogP contribution >= 0.6 is 0 Å². The van der Waals surface area contributed by atoms with Gasteiger partial charge in [-0.25, -0.2) is 0 Å². The van der Waals surface area contributed by atoms with Crippen molar-refractivity contribution in [1.82, 2.24) is 0 Å². The van der Waals surface area contributed by atoms with Crippen molar-refractivity contribution in [2.24, 2.45) is 0 Å². The van der Waals surface area contributed by atoms with Crippen molar-refractivity contribution in [3.8, 4) is 0 Å². The van der Waals surface area contributed by atoms with Gasteiger partial charge in [0.15, 0.2) is 14.7 Å². The van der Waals surface area contributed by atoms with Crippen molar-refractivity contribution in [3.05, 3.63) is 89.5 Å². The van der Waals surface area contributed by atoms with E-state index in [0.29, 0.717) is 0 Å². The lowest BCUT2D eigenvalue weighted by atomic mass is 9.84. The highest BCUT2D eigenvalue weighted by Crippen LogP contribution is 2.39. The summed E-state index contributed by atoms with van der Waals surface area (Å²) in [6, 6.07) is 29.5. The molecule has 224 valence electrons. The van der Waals surface area contributed by atoms with Gasteiger partial charge in [-0.05, 0) is 116 Å². The Morgan fingerprint density at radius 1 is 0.524 bits per heavy atom. The van der Waals surface area contributed by atoms with E-state index in [1.165, 1.54) is 118 Å². The molecule has 0 amide bonds. The molecule has 0 aromatic heterocycles. The third kappa shape index (κ3) is 8.31. The van der Waals surface area contributed by atoms with E-state index in [1.54, 1.807) is 16.7 Å². The predicted molar refractivity (Wildman–Crippen MR) is 174 cm³/mol. The SMILES string of the molecule is CCC(=O)[O-].c1cc([S+](c2ccc(C3CCCCC3)cc2)c2ccc(C3CCCCC3)cc2)ccc1C1CCCCC1. The van der Waals surface area contributed by atoms with E-state index in [9.17, 15) is 9.90 Å². The first-order valence-corrected chi connectivity index (χ1v) is 18.1. The summed E-state index contributed by atoms with van der Waals surface area (Å²) in [6.07, 6.45) is 21.0. The fourth-order valence-corrected chi connectivity index (χ4v) is 9.39. The molecule has 2 nitrogen and oxygen atoms in total. The average molecular weight is 583 g/mol. The standard InChI is InChI=1S/C36H45S.C3H6O2/c1-4-10-28(11-5-1)31-16-22-34(23-17-31)37(35-24-18-32(19-25-35)29-12-6-2-7-13-29)36-26-20-33(21-27-36)30-14-8-3-9-15-30;1-2-3(4)5/h16-30H,1-15H2;2H2,1H3,(H,4,5)/q+1;/p-1. The second-order valence-corrected chi connectivity index (χ2v) is 14.8. The minimum absolute atomic E-state index is 0.0542. The van der Waals surface area contributed by atoms with Crippen LogP contribution in [0.5, 0.6) is 0 Å². The van der Waals surface area contributed by atoms with Crippen LogP contribution in [0.15, 0.2) is 87.5 Å². The van der Waals surface area contributed by atoms with Crippen molar-refractivity contribution in [2.75, 3.05) is 0 Å². The molecule has 3 fully saturated rings. The molecule has 3 aromatic rings. The van der Waals surface area contributed by atoms with Crippen molar-refractivity contribution >= 4 is 16.9 Å².